The lowest BCUT2D eigenvalue weighted by atomic mass is 10.2. The van der Waals surface area contributed by atoms with Gasteiger partial charge in [0.25, 0.3) is 0 Å². The first kappa shape index (κ1) is 30.0. The number of aromatic nitrogens is 2. The van der Waals surface area contributed by atoms with Crippen LogP contribution in [-0.2, 0) is 44.6 Å². The van der Waals surface area contributed by atoms with Crippen LogP contribution in [0.3, 0.4) is 0 Å². The highest BCUT2D eigenvalue weighted by molar-refractivity contribution is 5.67. The number of anilines is 1. The molecule has 0 radical (unpaired) electrons. The molecule has 1 aromatic rings. The summed E-state index contributed by atoms with van der Waals surface area (Å²) in [5.74, 6) is -1.03. The molecule has 3 N–H and O–H groups in total. The van der Waals surface area contributed by atoms with Gasteiger partial charge in [0.05, 0.1) is 26.4 Å². The van der Waals surface area contributed by atoms with Crippen molar-refractivity contribution >= 4 is 23.8 Å². The molecule has 1 aliphatic rings. The number of carbonyl (C=O) groups excluding carboxylic acids is 3. The van der Waals surface area contributed by atoms with Gasteiger partial charge in [-0.1, -0.05) is 0 Å². The number of ether oxygens (including phenoxy) is 6. The van der Waals surface area contributed by atoms with Crippen LogP contribution in [-0.4, -0.2) is 78.4 Å². The average molecular weight is 529 g/mol. The van der Waals surface area contributed by atoms with Crippen molar-refractivity contribution in [2.45, 2.75) is 71.7 Å². The minimum atomic E-state index is -0.815. The van der Waals surface area contributed by atoms with Crippen molar-refractivity contribution < 1.29 is 42.8 Å². The van der Waals surface area contributed by atoms with Crippen molar-refractivity contribution in [3.63, 3.8) is 0 Å². The molecular formula is C23H36N4O10. The third-order valence-corrected chi connectivity index (χ3v) is 4.86. The van der Waals surface area contributed by atoms with Gasteiger partial charge in [0.1, 0.15) is 36.5 Å². The predicted octanol–water partition coefficient (Wildman–Crippen LogP) is 0.666. The molecule has 1 amide bonds. The highest BCUT2D eigenvalue weighted by Crippen LogP contribution is 2.30. The topological polar surface area (TPSA) is 180 Å². The summed E-state index contributed by atoms with van der Waals surface area (Å²) >= 11 is 0. The number of alkyl carbamates (subject to hydrolysis) is 1. The van der Waals surface area contributed by atoms with E-state index < -0.39 is 47.8 Å². The zero-order chi connectivity index (χ0) is 27.6. The van der Waals surface area contributed by atoms with Crippen LogP contribution in [0.5, 0.6) is 0 Å². The number of hydrogen-bond donors (Lipinski definition) is 2. The Kier molecular flexibility index (Phi) is 11.3. The lowest BCUT2D eigenvalue weighted by molar-refractivity contribution is -0.155. The normalized spacial score (nSPS) is 19.3. The van der Waals surface area contributed by atoms with Gasteiger partial charge in [0.2, 0.25) is 0 Å². The summed E-state index contributed by atoms with van der Waals surface area (Å²) in [6.45, 7) is 8.79. The van der Waals surface area contributed by atoms with Gasteiger partial charge < -0.3 is 39.5 Å². The molecule has 2 heterocycles. The van der Waals surface area contributed by atoms with Crippen LogP contribution in [0, 0.1) is 0 Å². The quantitative estimate of drug-likeness (QED) is 0.220. The van der Waals surface area contributed by atoms with E-state index in [0.29, 0.717) is 5.56 Å². The average Bonchev–Trinajstić information content (AvgIpc) is 3.15. The number of nitrogens with two attached hydrogens (primary N) is 1. The molecule has 1 aliphatic heterocycles. The maximum atomic E-state index is 12.5. The number of carbonyl (C=O) groups is 3. The van der Waals surface area contributed by atoms with E-state index in [-0.39, 0.29) is 51.8 Å². The minimum absolute atomic E-state index is 0.00900. The van der Waals surface area contributed by atoms with E-state index in [1.165, 1.54) is 24.6 Å². The van der Waals surface area contributed by atoms with E-state index in [0.717, 1.165) is 0 Å². The number of rotatable bonds is 12. The molecule has 37 heavy (non-hydrogen) atoms. The number of nitrogen functional groups attached to an aromatic ring is 1. The molecule has 1 saturated heterocycles. The molecule has 1 fully saturated rings. The van der Waals surface area contributed by atoms with Gasteiger partial charge in [-0.25, -0.2) is 9.59 Å². The Morgan fingerprint density at radius 2 is 1.86 bits per heavy atom. The lowest BCUT2D eigenvalue weighted by Gasteiger charge is -2.19. The van der Waals surface area contributed by atoms with Gasteiger partial charge in [-0.15, -0.1) is 0 Å². The fourth-order valence-electron chi connectivity index (χ4n) is 3.34. The highest BCUT2D eigenvalue weighted by Gasteiger charge is 2.39. The van der Waals surface area contributed by atoms with Gasteiger partial charge in [-0.05, 0) is 20.8 Å². The zero-order valence-corrected chi connectivity index (χ0v) is 21.8. The van der Waals surface area contributed by atoms with Crippen LogP contribution in [0.2, 0.25) is 0 Å². The number of nitrogens with one attached hydrogen (secondary N) is 1. The fourth-order valence-corrected chi connectivity index (χ4v) is 3.34. The summed E-state index contributed by atoms with van der Waals surface area (Å²) in [5.41, 5.74) is 5.11. The summed E-state index contributed by atoms with van der Waals surface area (Å²) in [5, 5.41) is 2.58. The van der Waals surface area contributed by atoms with Gasteiger partial charge in [-0.3, -0.25) is 14.2 Å². The fraction of sp³-hybridized carbons (Fsp3) is 0.696. The summed E-state index contributed by atoms with van der Waals surface area (Å²) < 4.78 is 33.4. The third-order valence-electron chi connectivity index (χ3n) is 4.86. The van der Waals surface area contributed by atoms with Gasteiger partial charge in [-0.2, -0.15) is 4.98 Å². The van der Waals surface area contributed by atoms with Crippen LogP contribution < -0.4 is 16.7 Å². The van der Waals surface area contributed by atoms with Crippen LogP contribution >= 0.6 is 0 Å². The Labute approximate surface area is 214 Å². The number of esters is 2. The Balaban J connectivity index is 1.85. The second-order valence-electron chi connectivity index (χ2n) is 9.25. The number of amides is 1. The molecule has 0 saturated carbocycles. The summed E-state index contributed by atoms with van der Waals surface area (Å²) in [4.78, 5) is 50.5. The second kappa shape index (κ2) is 13.9. The Hall–Kier alpha value is -3.23. The van der Waals surface area contributed by atoms with Crippen LogP contribution in [0.4, 0.5) is 10.6 Å². The SMILES string of the molecule is CC(=O)OC[C@H]1O[C@@H](n2cc(COCCOCCNC(=O)OC(C)(C)C)c(N)nc2=O)C[C@@H]1OC(C)=O. The van der Waals surface area contributed by atoms with Crippen LogP contribution in [0.1, 0.15) is 52.8 Å². The van der Waals surface area contributed by atoms with Gasteiger partial charge >= 0.3 is 23.7 Å². The first-order chi connectivity index (χ1) is 17.4. The molecule has 14 nitrogen and oxygen atoms in total. The van der Waals surface area contributed by atoms with Gasteiger partial charge in [0, 0.05) is 38.6 Å². The Morgan fingerprint density at radius 1 is 1.16 bits per heavy atom. The minimum Gasteiger partial charge on any atom is -0.463 e. The largest absolute Gasteiger partial charge is 0.463 e. The molecule has 0 bridgehead atoms. The maximum Gasteiger partial charge on any atom is 0.407 e. The predicted molar refractivity (Wildman–Crippen MR) is 128 cm³/mol. The standard InChI is InChI=1S/C23H36N4O10/c1-14(28)34-13-18-17(35-15(2)29)10-19(36-18)27-11-16(20(24)26-21(27)30)12-33-9-8-32-7-6-25-22(31)37-23(3,4)5/h11,17-19H,6-10,12-13H2,1-5H3,(H,25,31)(H2,24,26,30)/t17-,18+,19+/m0/s1. The molecule has 1 aromatic heterocycles. The number of hydrogen-bond acceptors (Lipinski definition) is 12. The van der Waals surface area contributed by atoms with Crippen molar-refractivity contribution in [1.29, 1.82) is 0 Å². The first-order valence-electron chi connectivity index (χ1n) is 11.8. The molecule has 2 rings (SSSR count). The van der Waals surface area contributed by atoms with E-state index in [9.17, 15) is 19.2 Å². The van der Waals surface area contributed by atoms with Crippen molar-refractivity contribution in [2.75, 3.05) is 38.7 Å². The molecule has 0 aromatic carbocycles. The molecule has 14 heteroatoms. The highest BCUT2D eigenvalue weighted by atomic mass is 16.6. The van der Waals surface area contributed by atoms with Crippen molar-refractivity contribution in [3.8, 4) is 0 Å². The maximum absolute atomic E-state index is 12.5. The third kappa shape index (κ3) is 10.7. The summed E-state index contributed by atoms with van der Waals surface area (Å²) in [6, 6.07) is 0. The molecule has 208 valence electrons. The van der Waals surface area contributed by atoms with E-state index in [2.05, 4.69) is 10.3 Å². The summed E-state index contributed by atoms with van der Waals surface area (Å²) in [6.07, 6.45) is -1.17. The van der Waals surface area contributed by atoms with E-state index in [4.69, 9.17) is 34.2 Å². The van der Waals surface area contributed by atoms with E-state index in [1.807, 2.05) is 0 Å². The van der Waals surface area contributed by atoms with E-state index in [1.54, 1.807) is 20.8 Å². The van der Waals surface area contributed by atoms with E-state index >= 15 is 0 Å². The lowest BCUT2D eigenvalue weighted by Crippen LogP contribution is -2.34. The Bertz CT molecular complexity index is 991. The zero-order valence-electron chi connectivity index (χ0n) is 21.8. The molecule has 3 atom stereocenters. The molecule has 0 spiro atoms. The van der Waals surface area contributed by atoms with Crippen molar-refractivity contribution in [3.05, 3.63) is 22.2 Å². The Morgan fingerprint density at radius 3 is 2.51 bits per heavy atom. The smallest absolute Gasteiger partial charge is 0.407 e. The second-order valence-corrected chi connectivity index (χ2v) is 9.25. The molecular weight excluding hydrogens is 492 g/mol. The van der Waals surface area contributed by atoms with Crippen LogP contribution in [0.25, 0.3) is 0 Å². The molecule has 0 unspecified atom stereocenters. The number of nitrogens with zero attached hydrogens (tertiary/aromatic N) is 2. The van der Waals surface area contributed by atoms with Crippen molar-refractivity contribution in [1.82, 2.24) is 14.9 Å². The monoisotopic (exact) mass is 528 g/mol. The van der Waals surface area contributed by atoms with Crippen molar-refractivity contribution in [2.24, 2.45) is 0 Å². The first-order valence-corrected chi connectivity index (χ1v) is 11.8. The van der Waals surface area contributed by atoms with Gasteiger partial charge in [0.15, 0.2) is 0 Å². The molecule has 0 aliphatic carbocycles. The van der Waals surface area contributed by atoms with Crippen LogP contribution in [0.15, 0.2) is 11.0 Å². The summed E-state index contributed by atoms with van der Waals surface area (Å²) in [7, 11) is 0.